The van der Waals surface area contributed by atoms with Crippen molar-refractivity contribution in [3.63, 3.8) is 0 Å². The molecule has 7 nitrogen and oxygen atoms in total. The smallest absolute Gasteiger partial charge is 0.277 e. The van der Waals surface area contributed by atoms with Gasteiger partial charge < -0.3 is 14.7 Å². The average Bonchev–Trinajstić information content (AvgIpc) is 3.04. The summed E-state index contributed by atoms with van der Waals surface area (Å²) >= 11 is 1.39. The first kappa shape index (κ1) is 22.7. The van der Waals surface area contributed by atoms with E-state index in [0.29, 0.717) is 18.5 Å². The summed E-state index contributed by atoms with van der Waals surface area (Å²) in [5, 5.41) is 12.4. The van der Waals surface area contributed by atoms with Gasteiger partial charge in [0.05, 0.1) is 0 Å². The Morgan fingerprint density at radius 2 is 1.94 bits per heavy atom. The van der Waals surface area contributed by atoms with Gasteiger partial charge in [0.25, 0.3) is 5.91 Å². The van der Waals surface area contributed by atoms with E-state index in [-0.39, 0.29) is 36.0 Å². The number of aromatic nitrogens is 1. The van der Waals surface area contributed by atoms with Crippen molar-refractivity contribution in [1.82, 2.24) is 9.58 Å². The minimum atomic E-state index is -0.998. The van der Waals surface area contributed by atoms with Crippen LogP contribution in [0.3, 0.4) is 0 Å². The van der Waals surface area contributed by atoms with E-state index in [2.05, 4.69) is 0 Å². The molecule has 0 saturated heterocycles. The molecule has 10 heteroatoms. The fourth-order valence-electron chi connectivity index (χ4n) is 5.00. The maximum Gasteiger partial charge on any atom is 0.277 e. The van der Waals surface area contributed by atoms with Crippen molar-refractivity contribution in [3.05, 3.63) is 99.0 Å². The number of rotatable bonds is 0. The normalized spacial score (nSPS) is 18.7. The van der Waals surface area contributed by atoms with Crippen LogP contribution in [0.15, 0.2) is 64.4 Å². The van der Waals surface area contributed by atoms with E-state index in [1.165, 1.54) is 28.7 Å². The lowest BCUT2D eigenvalue weighted by Gasteiger charge is -2.44. The number of ether oxygens (including phenoxy) is 1. The van der Waals surface area contributed by atoms with E-state index in [4.69, 9.17) is 4.74 Å². The maximum absolute atomic E-state index is 15.3. The Labute approximate surface area is 209 Å². The van der Waals surface area contributed by atoms with Crippen molar-refractivity contribution >= 4 is 17.7 Å². The van der Waals surface area contributed by atoms with Crippen LogP contribution in [0, 0.1) is 11.6 Å². The van der Waals surface area contributed by atoms with Crippen molar-refractivity contribution in [2.24, 2.45) is 0 Å². The van der Waals surface area contributed by atoms with Gasteiger partial charge >= 0.3 is 0 Å². The molecule has 0 aliphatic carbocycles. The molecule has 36 heavy (non-hydrogen) atoms. The largest absolute Gasteiger partial charge is 0.502 e. The molecule has 0 spiro atoms. The van der Waals surface area contributed by atoms with Gasteiger partial charge in [0, 0.05) is 46.6 Å². The van der Waals surface area contributed by atoms with E-state index in [0.717, 1.165) is 16.5 Å². The molecule has 4 heterocycles. The van der Waals surface area contributed by atoms with Gasteiger partial charge in [0.2, 0.25) is 5.43 Å². The van der Waals surface area contributed by atoms with Crippen LogP contribution in [-0.4, -0.2) is 40.4 Å². The predicted molar refractivity (Wildman–Crippen MR) is 130 cm³/mol. The summed E-state index contributed by atoms with van der Waals surface area (Å²) in [4.78, 5) is 28.1. The molecule has 0 saturated carbocycles. The zero-order valence-electron chi connectivity index (χ0n) is 19.0. The molecule has 6 rings (SSSR count). The Hall–Kier alpha value is -3.79. The third-order valence-electron chi connectivity index (χ3n) is 6.68. The Kier molecular flexibility index (Phi) is 5.48. The number of hydrogen-bond acceptors (Lipinski definition) is 6. The standard InChI is InChI=1S/C26H21F2N3O4S/c27-17-12-19-21-16(22(17)28)13-36-20-7-3-2-6-15(20)23(21)31-14-29(9-4-1-5-11-35-19)26(34)24-25(33)18(32)8-10-30(24)31/h1-3,5-8,10,12,23,33H,4,9,11,13-14H2/t23-/m1/s1. The summed E-state index contributed by atoms with van der Waals surface area (Å²) in [6, 6.07) is 9.09. The quantitative estimate of drug-likeness (QED) is 0.463. The number of aromatic hydroxyl groups is 1. The van der Waals surface area contributed by atoms with Crippen LogP contribution in [-0.2, 0) is 5.75 Å². The first-order valence-electron chi connectivity index (χ1n) is 11.5. The zero-order valence-corrected chi connectivity index (χ0v) is 19.8. The van der Waals surface area contributed by atoms with E-state index < -0.39 is 34.8 Å². The number of carbonyl (C=O) groups is 1. The summed E-state index contributed by atoms with van der Waals surface area (Å²) in [5.74, 6) is -2.70. The first-order chi connectivity index (χ1) is 17.5. The van der Waals surface area contributed by atoms with E-state index >= 15 is 4.39 Å². The van der Waals surface area contributed by atoms with Crippen LogP contribution >= 0.6 is 11.8 Å². The van der Waals surface area contributed by atoms with Gasteiger partial charge in [-0.3, -0.25) is 19.3 Å². The number of halogens is 2. The second-order valence-corrected chi connectivity index (χ2v) is 9.75. The Morgan fingerprint density at radius 1 is 1.11 bits per heavy atom. The van der Waals surface area contributed by atoms with Crippen LogP contribution in [0.5, 0.6) is 11.5 Å². The fourth-order valence-corrected chi connectivity index (χ4v) is 6.10. The SMILES string of the molecule is O=C1c2c(O)c(=O)ccn2N2CN1CCC=CCOc1cc(F)c(F)c3c1[C@H]2c1ccccc1SC3. The number of amides is 1. The van der Waals surface area contributed by atoms with Gasteiger partial charge in [-0.15, -0.1) is 11.8 Å². The summed E-state index contributed by atoms with van der Waals surface area (Å²) < 4.78 is 37.5. The number of pyridine rings is 1. The zero-order chi connectivity index (χ0) is 25.0. The lowest BCUT2D eigenvalue weighted by atomic mass is 9.92. The van der Waals surface area contributed by atoms with E-state index in [1.807, 2.05) is 30.3 Å². The fraction of sp³-hybridized carbons (Fsp3) is 0.231. The van der Waals surface area contributed by atoms with Gasteiger partial charge in [-0.25, -0.2) is 8.78 Å². The van der Waals surface area contributed by atoms with Gasteiger partial charge in [0.1, 0.15) is 25.1 Å². The van der Waals surface area contributed by atoms with Crippen molar-refractivity contribution in [2.75, 3.05) is 24.8 Å². The Bertz CT molecular complexity index is 1490. The highest BCUT2D eigenvalue weighted by Crippen LogP contribution is 2.47. The molecule has 2 aromatic carbocycles. The van der Waals surface area contributed by atoms with E-state index in [9.17, 15) is 19.1 Å². The number of nitrogens with zero attached hydrogens (tertiary/aromatic N) is 3. The number of carbonyl (C=O) groups excluding carboxylic acids is 1. The third-order valence-corrected chi connectivity index (χ3v) is 7.80. The number of fused-ring (bicyclic) bond motifs is 7. The molecular weight excluding hydrogens is 488 g/mol. The molecule has 1 aromatic heterocycles. The number of thioether (sulfide) groups is 1. The predicted octanol–water partition coefficient (Wildman–Crippen LogP) is 3.92. The summed E-state index contributed by atoms with van der Waals surface area (Å²) in [7, 11) is 0. The highest BCUT2D eigenvalue weighted by molar-refractivity contribution is 7.98. The second-order valence-electron chi connectivity index (χ2n) is 8.73. The Morgan fingerprint density at radius 3 is 2.81 bits per heavy atom. The van der Waals surface area contributed by atoms with Crippen molar-refractivity contribution in [2.45, 2.75) is 23.1 Å². The molecule has 3 aliphatic heterocycles. The van der Waals surface area contributed by atoms with Crippen molar-refractivity contribution in [1.29, 1.82) is 0 Å². The molecule has 3 aromatic rings. The average molecular weight is 510 g/mol. The number of benzene rings is 2. The van der Waals surface area contributed by atoms with Gasteiger partial charge in [-0.2, -0.15) is 0 Å². The molecular formula is C26H21F2N3O4S. The highest BCUT2D eigenvalue weighted by atomic mass is 32.2. The van der Waals surface area contributed by atoms with Crippen LogP contribution < -0.4 is 15.2 Å². The summed E-state index contributed by atoms with van der Waals surface area (Å²) in [5.41, 5.74) is 0.581. The van der Waals surface area contributed by atoms with Gasteiger partial charge in [0.15, 0.2) is 23.1 Å². The van der Waals surface area contributed by atoms with Crippen molar-refractivity contribution in [3.8, 4) is 11.5 Å². The minimum absolute atomic E-state index is 0.0868. The van der Waals surface area contributed by atoms with Crippen LogP contribution in [0.25, 0.3) is 0 Å². The molecule has 1 atom stereocenters. The van der Waals surface area contributed by atoms with Gasteiger partial charge in [-0.1, -0.05) is 30.4 Å². The van der Waals surface area contributed by atoms with E-state index in [1.54, 1.807) is 16.0 Å². The lowest BCUT2D eigenvalue weighted by molar-refractivity contribution is 0.0682. The summed E-state index contributed by atoms with van der Waals surface area (Å²) in [6.07, 6.45) is 5.55. The maximum atomic E-state index is 15.3. The molecule has 184 valence electrons. The monoisotopic (exact) mass is 509 g/mol. The highest BCUT2D eigenvalue weighted by Gasteiger charge is 2.40. The van der Waals surface area contributed by atoms with Crippen LogP contribution in [0.2, 0.25) is 0 Å². The Balaban J connectivity index is 1.70. The molecule has 0 radical (unpaired) electrons. The molecule has 1 amide bonds. The topological polar surface area (TPSA) is 75.0 Å². The third kappa shape index (κ3) is 3.47. The van der Waals surface area contributed by atoms with Crippen molar-refractivity contribution < 1.29 is 23.4 Å². The minimum Gasteiger partial charge on any atom is -0.502 e. The molecule has 0 unspecified atom stereocenters. The molecule has 2 bridgehead atoms. The first-order valence-corrected chi connectivity index (χ1v) is 12.5. The molecule has 0 fully saturated rings. The second kappa shape index (κ2) is 8.70. The number of hydrogen-bond donors (Lipinski definition) is 1. The molecule has 3 aliphatic rings. The molecule has 1 N–H and O–H groups in total. The summed E-state index contributed by atoms with van der Waals surface area (Å²) in [6.45, 7) is 0.565. The van der Waals surface area contributed by atoms with Crippen LogP contribution in [0.1, 0.15) is 39.6 Å². The lowest BCUT2D eigenvalue weighted by Crippen LogP contribution is -2.55. The van der Waals surface area contributed by atoms with Crippen LogP contribution in [0.4, 0.5) is 8.78 Å². The van der Waals surface area contributed by atoms with Gasteiger partial charge in [-0.05, 0) is 18.1 Å².